The zero-order valence-corrected chi connectivity index (χ0v) is 12.0. The monoisotopic (exact) mass is 277 g/mol. The summed E-state index contributed by atoms with van der Waals surface area (Å²) in [7, 11) is 2.12. The summed E-state index contributed by atoms with van der Waals surface area (Å²) in [5.41, 5.74) is 3.89. The van der Waals surface area contributed by atoms with Crippen molar-refractivity contribution in [1.29, 1.82) is 0 Å². The van der Waals surface area contributed by atoms with Crippen LogP contribution >= 0.6 is 0 Å². The molecule has 0 atom stereocenters. The Kier molecular flexibility index (Phi) is 5.52. The molecule has 2 rings (SSSR count). The largest absolute Gasteiger partial charge is 0.381 e. The van der Waals surface area contributed by atoms with Gasteiger partial charge in [0.2, 0.25) is 0 Å². The lowest BCUT2D eigenvalue weighted by molar-refractivity contribution is 0.0549. The van der Waals surface area contributed by atoms with Crippen molar-refractivity contribution in [2.45, 2.75) is 19.4 Å². The van der Waals surface area contributed by atoms with Crippen molar-refractivity contribution in [2.24, 2.45) is 11.8 Å². The zero-order valence-electron chi connectivity index (χ0n) is 12.0. The van der Waals surface area contributed by atoms with Crippen LogP contribution in [0.5, 0.6) is 0 Å². The SMILES string of the molecule is CN(Cc1cccc(C(=O)NN)c1)CC1CCOCC1. The number of hydrogen-bond donors (Lipinski definition) is 2. The van der Waals surface area contributed by atoms with Gasteiger partial charge in [0, 0.05) is 31.9 Å². The third kappa shape index (κ3) is 4.30. The molecule has 0 aliphatic carbocycles. The Bertz CT molecular complexity index is 444. The predicted octanol–water partition coefficient (Wildman–Crippen LogP) is 1.15. The van der Waals surface area contributed by atoms with Crippen molar-refractivity contribution >= 4 is 5.91 Å². The lowest BCUT2D eigenvalue weighted by Gasteiger charge is -2.27. The molecule has 1 aromatic carbocycles. The smallest absolute Gasteiger partial charge is 0.265 e. The number of hydrogen-bond acceptors (Lipinski definition) is 4. The molecule has 1 saturated heterocycles. The molecule has 0 spiro atoms. The number of ether oxygens (including phenoxy) is 1. The molecule has 1 amide bonds. The second kappa shape index (κ2) is 7.38. The fraction of sp³-hybridized carbons (Fsp3) is 0.533. The number of nitrogens with one attached hydrogen (secondary N) is 1. The van der Waals surface area contributed by atoms with E-state index in [0.29, 0.717) is 11.5 Å². The Morgan fingerprint density at radius 2 is 2.20 bits per heavy atom. The fourth-order valence-electron chi connectivity index (χ4n) is 2.64. The first kappa shape index (κ1) is 15.0. The van der Waals surface area contributed by atoms with Gasteiger partial charge in [-0.15, -0.1) is 0 Å². The van der Waals surface area contributed by atoms with Gasteiger partial charge in [0.15, 0.2) is 0 Å². The highest BCUT2D eigenvalue weighted by Crippen LogP contribution is 2.17. The number of carbonyl (C=O) groups is 1. The molecule has 0 radical (unpaired) electrons. The molecular weight excluding hydrogens is 254 g/mol. The molecule has 0 unspecified atom stereocenters. The van der Waals surface area contributed by atoms with Crippen LogP contribution in [-0.4, -0.2) is 37.6 Å². The first-order valence-electron chi connectivity index (χ1n) is 7.05. The van der Waals surface area contributed by atoms with E-state index in [4.69, 9.17) is 10.6 Å². The number of hydrazine groups is 1. The van der Waals surface area contributed by atoms with Gasteiger partial charge in [0.25, 0.3) is 5.91 Å². The van der Waals surface area contributed by atoms with Gasteiger partial charge < -0.3 is 9.64 Å². The maximum absolute atomic E-state index is 11.5. The van der Waals surface area contributed by atoms with Crippen molar-refractivity contribution in [1.82, 2.24) is 10.3 Å². The molecule has 20 heavy (non-hydrogen) atoms. The number of nitrogens with two attached hydrogens (primary N) is 1. The highest BCUT2D eigenvalue weighted by atomic mass is 16.5. The van der Waals surface area contributed by atoms with E-state index in [2.05, 4.69) is 17.4 Å². The van der Waals surface area contributed by atoms with Gasteiger partial charge in [-0.3, -0.25) is 10.2 Å². The summed E-state index contributed by atoms with van der Waals surface area (Å²) in [6, 6.07) is 7.59. The van der Waals surface area contributed by atoms with Crippen LogP contribution in [0.4, 0.5) is 0 Å². The number of carbonyl (C=O) groups excluding carboxylic acids is 1. The number of nitrogens with zero attached hydrogens (tertiary/aromatic N) is 1. The molecule has 5 heteroatoms. The summed E-state index contributed by atoms with van der Waals surface area (Å²) in [5.74, 6) is 5.62. The van der Waals surface area contributed by atoms with Crippen LogP contribution in [-0.2, 0) is 11.3 Å². The van der Waals surface area contributed by atoms with Gasteiger partial charge >= 0.3 is 0 Å². The van der Waals surface area contributed by atoms with E-state index in [1.54, 1.807) is 6.07 Å². The minimum absolute atomic E-state index is 0.251. The van der Waals surface area contributed by atoms with Crippen molar-refractivity contribution in [3.05, 3.63) is 35.4 Å². The second-order valence-electron chi connectivity index (χ2n) is 5.43. The van der Waals surface area contributed by atoms with E-state index in [1.165, 1.54) is 0 Å². The van der Waals surface area contributed by atoms with E-state index in [-0.39, 0.29) is 5.91 Å². The maximum atomic E-state index is 11.5. The summed E-state index contributed by atoms with van der Waals surface area (Å²) in [6.07, 6.45) is 2.28. The molecule has 110 valence electrons. The number of benzene rings is 1. The van der Waals surface area contributed by atoms with Gasteiger partial charge in [-0.2, -0.15) is 0 Å². The molecule has 0 saturated carbocycles. The molecular formula is C15H23N3O2. The van der Waals surface area contributed by atoms with Crippen LogP contribution in [0.2, 0.25) is 0 Å². The Balaban J connectivity index is 1.89. The normalized spacial score (nSPS) is 16.4. The zero-order chi connectivity index (χ0) is 14.4. The standard InChI is InChI=1S/C15H23N3O2/c1-18(10-12-5-7-20-8-6-12)11-13-3-2-4-14(9-13)15(19)17-16/h2-4,9,12H,5-8,10-11,16H2,1H3,(H,17,19). The lowest BCUT2D eigenvalue weighted by Crippen LogP contribution is -2.30. The van der Waals surface area contributed by atoms with Crippen LogP contribution in [0.15, 0.2) is 24.3 Å². The molecule has 1 aromatic rings. The highest BCUT2D eigenvalue weighted by Gasteiger charge is 2.16. The van der Waals surface area contributed by atoms with Gasteiger partial charge in [0.1, 0.15) is 0 Å². The summed E-state index contributed by atoms with van der Waals surface area (Å²) in [6.45, 7) is 3.66. The fourth-order valence-corrected chi connectivity index (χ4v) is 2.64. The number of nitrogen functional groups attached to an aromatic ring is 1. The minimum Gasteiger partial charge on any atom is -0.381 e. The van der Waals surface area contributed by atoms with Crippen molar-refractivity contribution in [2.75, 3.05) is 26.8 Å². The van der Waals surface area contributed by atoms with E-state index >= 15 is 0 Å². The average Bonchev–Trinajstić information content (AvgIpc) is 2.47. The van der Waals surface area contributed by atoms with Crippen molar-refractivity contribution < 1.29 is 9.53 Å². The average molecular weight is 277 g/mol. The third-order valence-corrected chi connectivity index (χ3v) is 3.68. The molecule has 1 aliphatic heterocycles. The van der Waals surface area contributed by atoms with Crippen LogP contribution in [0.3, 0.4) is 0 Å². The molecule has 5 nitrogen and oxygen atoms in total. The van der Waals surface area contributed by atoms with Crippen molar-refractivity contribution in [3.8, 4) is 0 Å². The van der Waals surface area contributed by atoms with Gasteiger partial charge in [-0.1, -0.05) is 12.1 Å². The summed E-state index contributed by atoms with van der Waals surface area (Å²) in [5, 5.41) is 0. The minimum atomic E-state index is -0.251. The van der Waals surface area contributed by atoms with Crippen LogP contribution in [0.25, 0.3) is 0 Å². The Labute approximate surface area is 120 Å². The Morgan fingerprint density at radius 1 is 1.45 bits per heavy atom. The Hall–Kier alpha value is -1.43. The maximum Gasteiger partial charge on any atom is 0.265 e. The van der Waals surface area contributed by atoms with Gasteiger partial charge in [0.05, 0.1) is 0 Å². The van der Waals surface area contributed by atoms with Gasteiger partial charge in [-0.25, -0.2) is 5.84 Å². The van der Waals surface area contributed by atoms with Gasteiger partial charge in [-0.05, 0) is 43.5 Å². The van der Waals surface area contributed by atoms with Crippen LogP contribution in [0, 0.1) is 5.92 Å². The molecule has 0 bridgehead atoms. The second-order valence-corrected chi connectivity index (χ2v) is 5.43. The highest BCUT2D eigenvalue weighted by molar-refractivity contribution is 5.93. The Morgan fingerprint density at radius 3 is 2.90 bits per heavy atom. The first-order valence-corrected chi connectivity index (χ1v) is 7.05. The predicted molar refractivity (Wildman–Crippen MR) is 78.0 cm³/mol. The van der Waals surface area contributed by atoms with Crippen LogP contribution < -0.4 is 11.3 Å². The number of amides is 1. The van der Waals surface area contributed by atoms with E-state index < -0.39 is 0 Å². The van der Waals surface area contributed by atoms with Crippen LogP contribution in [0.1, 0.15) is 28.8 Å². The van der Waals surface area contributed by atoms with E-state index in [0.717, 1.165) is 44.7 Å². The summed E-state index contributed by atoms with van der Waals surface area (Å²) in [4.78, 5) is 13.8. The van der Waals surface area contributed by atoms with Crippen molar-refractivity contribution in [3.63, 3.8) is 0 Å². The summed E-state index contributed by atoms with van der Waals surface area (Å²) < 4.78 is 5.38. The summed E-state index contributed by atoms with van der Waals surface area (Å²) >= 11 is 0. The molecule has 1 aliphatic rings. The molecule has 3 N–H and O–H groups in total. The number of rotatable bonds is 5. The first-order chi connectivity index (χ1) is 9.69. The lowest BCUT2D eigenvalue weighted by atomic mass is 9.99. The van der Waals surface area contributed by atoms with E-state index in [9.17, 15) is 4.79 Å². The van der Waals surface area contributed by atoms with E-state index in [1.807, 2.05) is 18.2 Å². The molecule has 1 heterocycles. The molecule has 1 fully saturated rings. The quantitative estimate of drug-likeness (QED) is 0.481. The molecule has 0 aromatic heterocycles. The third-order valence-electron chi connectivity index (χ3n) is 3.68. The topological polar surface area (TPSA) is 67.6 Å².